The van der Waals surface area contributed by atoms with E-state index >= 15 is 0 Å². The van der Waals surface area contributed by atoms with Crippen molar-refractivity contribution in [3.8, 4) is 5.75 Å². The summed E-state index contributed by atoms with van der Waals surface area (Å²) in [4.78, 5) is 28.7. The number of rotatable bonds is 7. The van der Waals surface area contributed by atoms with Crippen molar-refractivity contribution in [3.05, 3.63) is 29.8 Å². The van der Waals surface area contributed by atoms with Crippen LogP contribution in [0, 0.1) is 0 Å². The summed E-state index contributed by atoms with van der Waals surface area (Å²) in [6.07, 6.45) is 3.05. The van der Waals surface area contributed by atoms with Crippen molar-refractivity contribution in [3.63, 3.8) is 0 Å². The Morgan fingerprint density at radius 2 is 1.92 bits per heavy atom. The van der Waals surface area contributed by atoms with Gasteiger partial charge in [-0.25, -0.2) is 0 Å². The molecule has 132 valence electrons. The van der Waals surface area contributed by atoms with Crippen LogP contribution in [0.4, 0.5) is 0 Å². The molecule has 1 atom stereocenters. The number of unbranched alkanes of at least 4 members (excludes halogenated alkanes) is 1. The lowest BCUT2D eigenvalue weighted by Crippen LogP contribution is -2.57. The van der Waals surface area contributed by atoms with E-state index in [2.05, 4.69) is 6.92 Å². The Morgan fingerprint density at radius 3 is 2.54 bits per heavy atom. The summed E-state index contributed by atoms with van der Waals surface area (Å²) < 4.78 is 5.42. The molecule has 24 heavy (non-hydrogen) atoms. The highest BCUT2D eigenvalue weighted by atomic mass is 16.5. The molecule has 2 amide bonds. The SMILES string of the molecule is CCCC[C@H]1C(=O)N(C)CCN1C(=O)Cc1ccc(OCC)cc1. The van der Waals surface area contributed by atoms with E-state index < -0.39 is 0 Å². The largest absolute Gasteiger partial charge is 0.494 e. The summed E-state index contributed by atoms with van der Waals surface area (Å²) in [5.41, 5.74) is 0.948. The van der Waals surface area contributed by atoms with Crippen LogP contribution < -0.4 is 4.74 Å². The Balaban J connectivity index is 2.04. The minimum atomic E-state index is -0.307. The molecule has 0 bridgehead atoms. The molecule has 0 aromatic heterocycles. The van der Waals surface area contributed by atoms with Crippen LogP contribution >= 0.6 is 0 Å². The maximum Gasteiger partial charge on any atom is 0.245 e. The van der Waals surface area contributed by atoms with Crippen molar-refractivity contribution in [2.75, 3.05) is 26.7 Å². The summed E-state index contributed by atoms with van der Waals surface area (Å²) in [6.45, 7) is 5.89. The van der Waals surface area contributed by atoms with E-state index in [9.17, 15) is 9.59 Å². The highest BCUT2D eigenvalue weighted by molar-refractivity contribution is 5.89. The molecular weight excluding hydrogens is 304 g/mol. The lowest BCUT2D eigenvalue weighted by Gasteiger charge is -2.39. The molecule has 1 heterocycles. The van der Waals surface area contributed by atoms with Gasteiger partial charge in [0.2, 0.25) is 11.8 Å². The molecule has 5 nitrogen and oxygen atoms in total. The monoisotopic (exact) mass is 332 g/mol. The number of amides is 2. The molecule has 1 aliphatic heterocycles. The van der Waals surface area contributed by atoms with Crippen molar-refractivity contribution < 1.29 is 14.3 Å². The third kappa shape index (κ3) is 4.49. The molecule has 1 saturated heterocycles. The minimum absolute atomic E-state index is 0.0294. The van der Waals surface area contributed by atoms with Crippen LogP contribution in [0.15, 0.2) is 24.3 Å². The summed E-state index contributed by atoms with van der Waals surface area (Å²) in [6, 6.07) is 7.30. The Labute approximate surface area is 144 Å². The van der Waals surface area contributed by atoms with Crippen LogP contribution in [0.1, 0.15) is 38.7 Å². The van der Waals surface area contributed by atoms with Gasteiger partial charge in [0.15, 0.2) is 0 Å². The Hall–Kier alpha value is -2.04. The second-order valence-corrected chi connectivity index (χ2v) is 6.26. The highest BCUT2D eigenvalue weighted by Crippen LogP contribution is 2.19. The van der Waals surface area contributed by atoms with Crippen LogP contribution in [0.25, 0.3) is 0 Å². The van der Waals surface area contributed by atoms with Crippen LogP contribution in [-0.2, 0) is 16.0 Å². The molecule has 0 aliphatic carbocycles. The van der Waals surface area contributed by atoms with Gasteiger partial charge in [-0.2, -0.15) is 0 Å². The average molecular weight is 332 g/mol. The fourth-order valence-electron chi connectivity index (χ4n) is 3.03. The standard InChI is InChI=1S/C19H28N2O3/c1-4-6-7-17-19(23)20(3)12-13-21(17)18(22)14-15-8-10-16(11-9-15)24-5-2/h8-11,17H,4-7,12-14H2,1-3H3/t17-/m0/s1. The summed E-state index contributed by atoms with van der Waals surface area (Å²) in [7, 11) is 1.82. The first-order chi connectivity index (χ1) is 11.6. The number of benzene rings is 1. The summed E-state index contributed by atoms with van der Waals surface area (Å²) >= 11 is 0. The third-order valence-corrected chi connectivity index (χ3v) is 4.45. The van der Waals surface area contributed by atoms with Crippen molar-refractivity contribution in [2.24, 2.45) is 0 Å². The zero-order chi connectivity index (χ0) is 17.5. The van der Waals surface area contributed by atoms with Crippen molar-refractivity contribution in [2.45, 2.75) is 45.6 Å². The average Bonchev–Trinajstić information content (AvgIpc) is 2.58. The smallest absolute Gasteiger partial charge is 0.245 e. The summed E-state index contributed by atoms with van der Waals surface area (Å²) in [5.74, 6) is 0.903. The van der Waals surface area contributed by atoms with Gasteiger partial charge < -0.3 is 14.5 Å². The number of hydrogen-bond acceptors (Lipinski definition) is 3. The third-order valence-electron chi connectivity index (χ3n) is 4.45. The fourth-order valence-corrected chi connectivity index (χ4v) is 3.03. The molecule has 1 aromatic rings. The van der Waals surface area contributed by atoms with Gasteiger partial charge in [0, 0.05) is 20.1 Å². The first kappa shape index (κ1) is 18.3. The van der Waals surface area contributed by atoms with Gasteiger partial charge in [-0.1, -0.05) is 31.9 Å². The zero-order valence-electron chi connectivity index (χ0n) is 15.0. The van der Waals surface area contributed by atoms with Crippen molar-refractivity contribution >= 4 is 11.8 Å². The molecule has 5 heteroatoms. The van der Waals surface area contributed by atoms with Crippen LogP contribution in [0.2, 0.25) is 0 Å². The van der Waals surface area contributed by atoms with Crippen molar-refractivity contribution in [1.29, 1.82) is 0 Å². The maximum absolute atomic E-state index is 12.7. The number of carbonyl (C=O) groups excluding carboxylic acids is 2. The number of ether oxygens (including phenoxy) is 1. The molecule has 0 radical (unpaired) electrons. The normalized spacial score (nSPS) is 18.0. The molecule has 0 spiro atoms. The molecule has 1 fully saturated rings. The molecule has 0 saturated carbocycles. The maximum atomic E-state index is 12.7. The number of hydrogen-bond donors (Lipinski definition) is 0. The molecular formula is C19H28N2O3. The minimum Gasteiger partial charge on any atom is -0.494 e. The van der Waals surface area contributed by atoms with Crippen LogP contribution in [-0.4, -0.2) is 54.4 Å². The number of carbonyl (C=O) groups is 2. The Kier molecular flexibility index (Phi) is 6.64. The van der Waals surface area contributed by atoms with Crippen LogP contribution in [0.5, 0.6) is 5.75 Å². The topological polar surface area (TPSA) is 49.9 Å². The van der Waals surface area contributed by atoms with E-state index in [1.165, 1.54) is 0 Å². The molecule has 0 unspecified atom stereocenters. The second-order valence-electron chi connectivity index (χ2n) is 6.26. The fraction of sp³-hybridized carbons (Fsp3) is 0.579. The van der Waals surface area contributed by atoms with Crippen LogP contribution in [0.3, 0.4) is 0 Å². The van der Waals surface area contributed by atoms with Gasteiger partial charge in [0.1, 0.15) is 11.8 Å². The second kappa shape index (κ2) is 8.71. The molecule has 0 N–H and O–H groups in total. The van der Waals surface area contributed by atoms with E-state index in [0.717, 1.165) is 30.6 Å². The van der Waals surface area contributed by atoms with Gasteiger partial charge in [0.25, 0.3) is 0 Å². The zero-order valence-corrected chi connectivity index (χ0v) is 15.0. The van der Waals surface area contributed by atoms with E-state index in [0.29, 0.717) is 26.1 Å². The van der Waals surface area contributed by atoms with Gasteiger partial charge >= 0.3 is 0 Å². The van der Waals surface area contributed by atoms with E-state index in [-0.39, 0.29) is 17.9 Å². The highest BCUT2D eigenvalue weighted by Gasteiger charge is 2.35. The number of nitrogens with zero attached hydrogens (tertiary/aromatic N) is 2. The first-order valence-corrected chi connectivity index (χ1v) is 8.83. The van der Waals surface area contributed by atoms with E-state index in [4.69, 9.17) is 4.74 Å². The lowest BCUT2D eigenvalue weighted by atomic mass is 10.0. The van der Waals surface area contributed by atoms with Crippen molar-refractivity contribution in [1.82, 2.24) is 9.80 Å². The summed E-state index contributed by atoms with van der Waals surface area (Å²) in [5, 5.41) is 0. The van der Waals surface area contributed by atoms with E-state index in [1.54, 1.807) is 9.80 Å². The molecule has 1 aromatic carbocycles. The van der Waals surface area contributed by atoms with Gasteiger partial charge in [-0.05, 0) is 31.0 Å². The predicted octanol–water partition coefficient (Wildman–Crippen LogP) is 2.49. The lowest BCUT2D eigenvalue weighted by molar-refractivity contribution is -0.150. The van der Waals surface area contributed by atoms with E-state index in [1.807, 2.05) is 38.2 Å². The molecule has 2 rings (SSSR count). The predicted molar refractivity (Wildman–Crippen MR) is 94.0 cm³/mol. The number of likely N-dealkylation sites (N-methyl/N-ethyl adjacent to an activating group) is 1. The van der Waals surface area contributed by atoms with Gasteiger partial charge in [0.05, 0.1) is 13.0 Å². The Morgan fingerprint density at radius 1 is 1.21 bits per heavy atom. The quantitative estimate of drug-likeness (QED) is 0.771. The molecule has 1 aliphatic rings. The first-order valence-electron chi connectivity index (χ1n) is 8.83. The van der Waals surface area contributed by atoms with Gasteiger partial charge in [-0.15, -0.1) is 0 Å². The number of piperazine rings is 1. The van der Waals surface area contributed by atoms with Gasteiger partial charge in [-0.3, -0.25) is 9.59 Å². The Bertz CT molecular complexity index is 556.